The number of carbonyl (C=O) groups is 1. The van der Waals surface area contributed by atoms with Gasteiger partial charge < -0.3 is 4.90 Å². The van der Waals surface area contributed by atoms with Gasteiger partial charge in [0.2, 0.25) is 5.91 Å². The lowest BCUT2D eigenvalue weighted by atomic mass is 10.1. The molecule has 2 aliphatic rings. The lowest BCUT2D eigenvalue weighted by Crippen LogP contribution is -2.35. The van der Waals surface area contributed by atoms with Crippen LogP contribution < -0.4 is 4.72 Å². The van der Waals surface area contributed by atoms with Crippen LogP contribution in [0.2, 0.25) is 0 Å². The van der Waals surface area contributed by atoms with E-state index in [1.165, 1.54) is 6.42 Å². The van der Waals surface area contributed by atoms with Crippen molar-refractivity contribution in [1.82, 2.24) is 9.62 Å². The van der Waals surface area contributed by atoms with E-state index in [0.29, 0.717) is 24.4 Å². The number of piperidine rings is 1. The molecule has 1 aromatic rings. The maximum atomic E-state index is 12.1. The number of aliphatic imine (C=N–C) groups is 1. The van der Waals surface area contributed by atoms with E-state index in [-0.39, 0.29) is 10.8 Å². The molecule has 1 amide bonds. The summed E-state index contributed by atoms with van der Waals surface area (Å²) in [5.74, 6) is 0.431. The summed E-state index contributed by atoms with van der Waals surface area (Å²) in [5, 5.41) is 0. The molecule has 0 saturated carbocycles. The third-order valence-electron chi connectivity index (χ3n) is 3.97. The number of fused-ring (bicyclic) bond motifs is 1. The second-order valence-electron chi connectivity index (χ2n) is 5.52. The third kappa shape index (κ3) is 2.99. The molecule has 0 unspecified atom stereocenters. The second kappa shape index (κ2) is 6.08. The number of hydrogen-bond donors (Lipinski definition) is 1. The van der Waals surface area contributed by atoms with Crippen LogP contribution in [0.15, 0.2) is 34.2 Å². The predicted molar refractivity (Wildman–Crippen MR) is 83.2 cm³/mol. The number of amides is 1. The summed E-state index contributed by atoms with van der Waals surface area (Å²) >= 11 is 0. The second-order valence-corrected chi connectivity index (χ2v) is 7.17. The van der Waals surface area contributed by atoms with Crippen LogP contribution in [0.5, 0.6) is 0 Å². The first kappa shape index (κ1) is 15.0. The Morgan fingerprint density at radius 1 is 1.18 bits per heavy atom. The quantitative estimate of drug-likeness (QED) is 0.906. The van der Waals surface area contributed by atoms with E-state index in [1.54, 1.807) is 24.3 Å². The molecule has 1 N–H and O–H groups in total. The lowest BCUT2D eigenvalue weighted by molar-refractivity contribution is -0.131. The minimum atomic E-state index is -3.50. The van der Waals surface area contributed by atoms with Crippen LogP contribution in [0.1, 0.15) is 31.2 Å². The molecule has 7 heteroatoms. The number of nitrogens with zero attached hydrogens (tertiary/aromatic N) is 2. The van der Waals surface area contributed by atoms with Crippen molar-refractivity contribution in [2.75, 3.05) is 19.6 Å². The topological polar surface area (TPSA) is 78.8 Å². The highest BCUT2D eigenvalue weighted by molar-refractivity contribution is 7.90. The van der Waals surface area contributed by atoms with Gasteiger partial charge in [0, 0.05) is 25.1 Å². The molecule has 6 nitrogen and oxygen atoms in total. The van der Waals surface area contributed by atoms with Crippen molar-refractivity contribution in [3.63, 3.8) is 0 Å². The van der Waals surface area contributed by atoms with E-state index in [1.807, 2.05) is 4.90 Å². The van der Waals surface area contributed by atoms with Crippen molar-refractivity contribution in [3.05, 3.63) is 29.8 Å². The van der Waals surface area contributed by atoms with Crippen molar-refractivity contribution in [3.8, 4) is 0 Å². The number of rotatable bonds is 3. The van der Waals surface area contributed by atoms with E-state index in [9.17, 15) is 13.2 Å². The first-order chi connectivity index (χ1) is 10.6. The summed E-state index contributed by atoms with van der Waals surface area (Å²) in [7, 11) is -3.50. The maximum Gasteiger partial charge on any atom is 0.263 e. The van der Waals surface area contributed by atoms with Gasteiger partial charge in [-0.3, -0.25) is 14.5 Å². The maximum absolute atomic E-state index is 12.1. The minimum absolute atomic E-state index is 0.0955. The van der Waals surface area contributed by atoms with Crippen LogP contribution in [-0.4, -0.2) is 44.7 Å². The summed E-state index contributed by atoms with van der Waals surface area (Å²) in [6, 6.07) is 6.73. The van der Waals surface area contributed by atoms with E-state index in [0.717, 1.165) is 25.9 Å². The number of nitrogens with one attached hydrogen (secondary N) is 1. The van der Waals surface area contributed by atoms with Crippen molar-refractivity contribution in [2.24, 2.45) is 4.99 Å². The average molecular weight is 321 g/mol. The predicted octanol–water partition coefficient (Wildman–Crippen LogP) is 1.13. The van der Waals surface area contributed by atoms with Crippen molar-refractivity contribution < 1.29 is 13.2 Å². The molecule has 1 fully saturated rings. The number of likely N-dealkylation sites (tertiary alicyclic amines) is 1. The van der Waals surface area contributed by atoms with E-state index in [2.05, 4.69) is 9.71 Å². The number of amidine groups is 1. The highest BCUT2D eigenvalue weighted by Crippen LogP contribution is 2.22. The van der Waals surface area contributed by atoms with Crippen molar-refractivity contribution >= 4 is 21.8 Å². The molecule has 0 radical (unpaired) electrons. The molecule has 1 aromatic carbocycles. The zero-order chi connectivity index (χ0) is 15.6. The molecule has 2 heterocycles. The van der Waals surface area contributed by atoms with E-state index >= 15 is 0 Å². The Bertz CT molecular complexity index is 706. The molecule has 0 spiro atoms. The molecule has 0 aromatic heterocycles. The first-order valence-corrected chi connectivity index (χ1v) is 9.01. The number of carbonyl (C=O) groups excluding carboxylic acids is 1. The van der Waals surface area contributed by atoms with Gasteiger partial charge in [0.05, 0.1) is 11.4 Å². The number of hydrogen-bond acceptors (Lipinski definition) is 4. The highest BCUT2D eigenvalue weighted by atomic mass is 32.2. The van der Waals surface area contributed by atoms with Crippen LogP contribution in [0.3, 0.4) is 0 Å². The van der Waals surface area contributed by atoms with Gasteiger partial charge in [-0.15, -0.1) is 0 Å². The number of sulfonamides is 1. The Kier molecular flexibility index (Phi) is 4.15. The Morgan fingerprint density at radius 2 is 1.91 bits per heavy atom. The Labute approximate surface area is 130 Å². The third-order valence-corrected chi connectivity index (χ3v) is 5.36. The molecule has 3 rings (SSSR count). The van der Waals surface area contributed by atoms with Gasteiger partial charge in [-0.1, -0.05) is 12.1 Å². The molecule has 0 atom stereocenters. The molecule has 0 aliphatic carbocycles. The standard InChI is InChI=1S/C15H19N3O3S/c19-14(18-10-4-1-5-11-18)8-9-16-15-12-6-2-3-7-13(12)22(20,21)17-15/h2-3,6-7H,1,4-5,8-11H2,(H,16,17). The van der Waals surface area contributed by atoms with E-state index in [4.69, 9.17) is 0 Å². The van der Waals surface area contributed by atoms with Crippen LogP contribution in [0.4, 0.5) is 0 Å². The molecule has 118 valence electrons. The summed E-state index contributed by atoms with van der Waals surface area (Å²) in [5.41, 5.74) is 0.577. The van der Waals surface area contributed by atoms with Gasteiger partial charge >= 0.3 is 0 Å². The van der Waals surface area contributed by atoms with Crippen LogP contribution >= 0.6 is 0 Å². The Balaban J connectivity index is 1.66. The fraction of sp³-hybridized carbons (Fsp3) is 0.467. The Hall–Kier alpha value is -1.89. The molecular weight excluding hydrogens is 302 g/mol. The fourth-order valence-electron chi connectivity index (χ4n) is 2.82. The average Bonchev–Trinajstić information content (AvgIpc) is 2.80. The van der Waals surface area contributed by atoms with Gasteiger partial charge in [0.15, 0.2) is 0 Å². The summed E-state index contributed by atoms with van der Waals surface area (Å²) in [4.78, 5) is 18.5. The van der Waals surface area contributed by atoms with Gasteiger partial charge in [-0.05, 0) is 31.4 Å². The largest absolute Gasteiger partial charge is 0.343 e. The molecule has 1 saturated heterocycles. The number of benzene rings is 1. The van der Waals surface area contributed by atoms with E-state index < -0.39 is 10.0 Å². The molecular formula is C15H19N3O3S. The molecule has 2 aliphatic heterocycles. The monoisotopic (exact) mass is 321 g/mol. The van der Waals surface area contributed by atoms with Crippen LogP contribution in [0.25, 0.3) is 0 Å². The SMILES string of the molecule is O=C(CCN=C1NS(=O)(=O)c2ccccc21)N1CCCCC1. The van der Waals surface area contributed by atoms with Crippen LogP contribution in [-0.2, 0) is 14.8 Å². The lowest BCUT2D eigenvalue weighted by Gasteiger charge is -2.26. The van der Waals surface area contributed by atoms with Crippen molar-refractivity contribution in [1.29, 1.82) is 0 Å². The normalized spacial score (nSPS) is 21.5. The smallest absolute Gasteiger partial charge is 0.263 e. The Morgan fingerprint density at radius 3 is 2.68 bits per heavy atom. The zero-order valence-electron chi connectivity index (χ0n) is 12.3. The highest BCUT2D eigenvalue weighted by Gasteiger charge is 2.30. The minimum Gasteiger partial charge on any atom is -0.343 e. The van der Waals surface area contributed by atoms with Crippen molar-refractivity contribution in [2.45, 2.75) is 30.6 Å². The fourth-order valence-corrected chi connectivity index (χ4v) is 4.07. The van der Waals surface area contributed by atoms with Gasteiger partial charge in [-0.2, -0.15) is 0 Å². The first-order valence-electron chi connectivity index (χ1n) is 7.52. The zero-order valence-corrected chi connectivity index (χ0v) is 13.1. The van der Waals surface area contributed by atoms with Gasteiger partial charge in [0.25, 0.3) is 10.0 Å². The van der Waals surface area contributed by atoms with Gasteiger partial charge in [0.1, 0.15) is 5.84 Å². The summed E-state index contributed by atoms with van der Waals surface area (Å²) < 4.78 is 26.3. The van der Waals surface area contributed by atoms with Gasteiger partial charge in [-0.25, -0.2) is 8.42 Å². The molecule has 22 heavy (non-hydrogen) atoms. The van der Waals surface area contributed by atoms with Crippen LogP contribution in [0, 0.1) is 0 Å². The summed E-state index contributed by atoms with van der Waals surface area (Å²) in [6.45, 7) is 1.94. The summed E-state index contributed by atoms with van der Waals surface area (Å²) in [6.07, 6.45) is 3.62. The molecule has 0 bridgehead atoms.